The van der Waals surface area contributed by atoms with E-state index >= 15 is 0 Å². The molecule has 1 heterocycles. The van der Waals surface area contributed by atoms with Crippen molar-refractivity contribution in [3.05, 3.63) is 22.2 Å². The lowest BCUT2D eigenvalue weighted by Gasteiger charge is -2.42. The van der Waals surface area contributed by atoms with Crippen molar-refractivity contribution >= 4 is 15.9 Å². The number of aliphatic hydroxyl groups is 1. The van der Waals surface area contributed by atoms with Gasteiger partial charge >= 0.3 is 0 Å². The number of hydrogen-bond donors (Lipinski definition) is 1. The van der Waals surface area contributed by atoms with Gasteiger partial charge in [0.15, 0.2) is 11.5 Å². The fourth-order valence-corrected chi connectivity index (χ4v) is 3.45. The van der Waals surface area contributed by atoms with Crippen LogP contribution in [-0.4, -0.2) is 31.0 Å². The maximum atomic E-state index is 10.5. The third kappa shape index (κ3) is 2.54. The summed E-state index contributed by atoms with van der Waals surface area (Å²) in [6.45, 7) is 1.11. The third-order valence-electron chi connectivity index (χ3n) is 4.28. The van der Waals surface area contributed by atoms with E-state index in [0.29, 0.717) is 25.4 Å². The predicted octanol–water partition coefficient (Wildman–Crippen LogP) is 3.21. The van der Waals surface area contributed by atoms with Gasteiger partial charge in [0.25, 0.3) is 0 Å². The largest absolute Gasteiger partial charge is 0.486 e. The Kier molecular flexibility index (Phi) is 3.93. The second-order valence-corrected chi connectivity index (χ2v) is 6.33. The molecular weight excluding hydrogens is 324 g/mol. The average molecular weight is 343 g/mol. The molecule has 5 heteroatoms. The van der Waals surface area contributed by atoms with Gasteiger partial charge in [0, 0.05) is 18.0 Å². The minimum Gasteiger partial charge on any atom is -0.486 e. The van der Waals surface area contributed by atoms with E-state index in [1.165, 1.54) is 6.42 Å². The molecule has 1 aliphatic carbocycles. The van der Waals surface area contributed by atoms with Gasteiger partial charge in [-0.15, -0.1) is 0 Å². The summed E-state index contributed by atoms with van der Waals surface area (Å²) in [6, 6.07) is 3.73. The summed E-state index contributed by atoms with van der Waals surface area (Å²) in [7, 11) is 1.73. The van der Waals surface area contributed by atoms with Gasteiger partial charge in [-0.1, -0.05) is 15.9 Å². The van der Waals surface area contributed by atoms with Crippen LogP contribution in [0.15, 0.2) is 16.6 Å². The summed E-state index contributed by atoms with van der Waals surface area (Å²) >= 11 is 3.51. The van der Waals surface area contributed by atoms with E-state index in [9.17, 15) is 5.11 Å². The highest BCUT2D eigenvalue weighted by Gasteiger charge is 2.39. The number of halogens is 1. The van der Waals surface area contributed by atoms with E-state index in [2.05, 4.69) is 15.9 Å². The van der Waals surface area contributed by atoms with Crippen molar-refractivity contribution in [2.45, 2.75) is 37.4 Å². The highest BCUT2D eigenvalue weighted by Crippen LogP contribution is 2.44. The second-order valence-electron chi connectivity index (χ2n) is 5.48. The van der Waals surface area contributed by atoms with Crippen molar-refractivity contribution in [3.8, 4) is 11.5 Å². The van der Waals surface area contributed by atoms with Crippen LogP contribution in [0.4, 0.5) is 0 Å². The zero-order valence-electron chi connectivity index (χ0n) is 11.5. The predicted molar refractivity (Wildman–Crippen MR) is 78.3 cm³/mol. The number of methoxy groups -OCH3 is 1. The van der Waals surface area contributed by atoms with Crippen molar-refractivity contribution in [2.75, 3.05) is 20.3 Å². The fourth-order valence-electron chi connectivity index (χ4n) is 2.86. The van der Waals surface area contributed by atoms with Gasteiger partial charge in [-0.25, -0.2) is 0 Å². The van der Waals surface area contributed by atoms with Crippen LogP contribution in [-0.2, 0) is 4.74 Å². The Balaban J connectivity index is 1.82. The number of rotatable bonds is 4. The minimum absolute atomic E-state index is 0.161. The van der Waals surface area contributed by atoms with E-state index < -0.39 is 6.10 Å². The Labute approximate surface area is 127 Å². The molecule has 0 amide bonds. The molecule has 0 bridgehead atoms. The van der Waals surface area contributed by atoms with Crippen molar-refractivity contribution in [3.63, 3.8) is 0 Å². The Morgan fingerprint density at radius 1 is 1.30 bits per heavy atom. The maximum absolute atomic E-state index is 10.5. The highest BCUT2D eigenvalue weighted by molar-refractivity contribution is 9.10. The summed E-state index contributed by atoms with van der Waals surface area (Å²) in [5.74, 6) is 1.43. The van der Waals surface area contributed by atoms with Crippen molar-refractivity contribution < 1.29 is 19.3 Å². The molecule has 1 aliphatic heterocycles. The summed E-state index contributed by atoms with van der Waals surface area (Å²) in [6.07, 6.45) is 3.25. The number of ether oxygens (including phenoxy) is 3. The Hall–Kier alpha value is -0.780. The molecule has 1 aromatic rings. The van der Waals surface area contributed by atoms with E-state index in [1.54, 1.807) is 7.11 Å². The van der Waals surface area contributed by atoms with Gasteiger partial charge in [0.05, 0.1) is 11.7 Å². The molecule has 0 saturated heterocycles. The summed E-state index contributed by atoms with van der Waals surface area (Å²) in [5, 5.41) is 10.5. The van der Waals surface area contributed by atoms with Crippen molar-refractivity contribution in [2.24, 2.45) is 0 Å². The van der Waals surface area contributed by atoms with Crippen LogP contribution < -0.4 is 9.47 Å². The number of fused-ring (bicyclic) bond motifs is 1. The first-order valence-electron chi connectivity index (χ1n) is 6.96. The summed E-state index contributed by atoms with van der Waals surface area (Å²) < 4.78 is 17.5. The lowest BCUT2D eigenvalue weighted by Crippen LogP contribution is -2.40. The first-order chi connectivity index (χ1) is 9.63. The second kappa shape index (κ2) is 5.54. The number of hydrogen-bond acceptors (Lipinski definition) is 4. The smallest absolute Gasteiger partial charge is 0.162 e. The normalized spacial score (nSPS) is 21.1. The van der Waals surface area contributed by atoms with E-state index in [1.807, 2.05) is 12.1 Å². The fraction of sp³-hybridized carbons (Fsp3) is 0.600. The molecule has 3 rings (SSSR count). The van der Waals surface area contributed by atoms with Crippen LogP contribution in [0, 0.1) is 0 Å². The Bertz CT molecular complexity index is 493. The van der Waals surface area contributed by atoms with E-state index in [0.717, 1.165) is 28.6 Å². The quantitative estimate of drug-likeness (QED) is 0.912. The monoisotopic (exact) mass is 342 g/mol. The highest BCUT2D eigenvalue weighted by atomic mass is 79.9. The molecule has 2 aliphatic rings. The Morgan fingerprint density at radius 2 is 1.95 bits per heavy atom. The first kappa shape index (κ1) is 14.2. The van der Waals surface area contributed by atoms with E-state index in [4.69, 9.17) is 14.2 Å². The molecular formula is C15H19BrO4. The number of aliphatic hydroxyl groups excluding tert-OH is 1. The molecule has 1 N–H and O–H groups in total. The molecule has 0 radical (unpaired) electrons. The number of benzene rings is 1. The summed E-state index contributed by atoms with van der Waals surface area (Å²) in [5.41, 5.74) is 0.670. The van der Waals surface area contributed by atoms with Crippen LogP contribution in [0.2, 0.25) is 0 Å². The standard InChI is InChI=1S/C15H19BrO4/c1-18-15(3-2-4-15)9-12(17)10-7-13-14(8-11(10)16)20-6-5-19-13/h7-8,12,17H,2-6,9H2,1H3. The van der Waals surface area contributed by atoms with Crippen LogP contribution in [0.25, 0.3) is 0 Å². The maximum Gasteiger partial charge on any atom is 0.162 e. The first-order valence-corrected chi connectivity index (χ1v) is 7.75. The van der Waals surface area contributed by atoms with Gasteiger partial charge in [-0.2, -0.15) is 0 Å². The summed E-state index contributed by atoms with van der Waals surface area (Å²) in [4.78, 5) is 0. The molecule has 110 valence electrons. The lowest BCUT2D eigenvalue weighted by atomic mass is 9.75. The van der Waals surface area contributed by atoms with Gasteiger partial charge in [-0.3, -0.25) is 0 Å². The molecule has 1 aromatic carbocycles. The van der Waals surface area contributed by atoms with Crippen LogP contribution in [0.3, 0.4) is 0 Å². The minimum atomic E-state index is -0.569. The molecule has 1 unspecified atom stereocenters. The SMILES string of the molecule is COC1(CC(O)c2cc3c(cc2Br)OCCO3)CCC1. The lowest BCUT2D eigenvalue weighted by molar-refractivity contribution is -0.1000. The molecule has 0 aromatic heterocycles. The van der Waals surface area contributed by atoms with Gasteiger partial charge in [-0.05, 0) is 37.0 Å². The van der Waals surface area contributed by atoms with Crippen LogP contribution in [0.1, 0.15) is 37.4 Å². The molecule has 1 fully saturated rings. The van der Waals surface area contributed by atoms with E-state index in [-0.39, 0.29) is 5.60 Å². The van der Waals surface area contributed by atoms with Crippen molar-refractivity contribution in [1.29, 1.82) is 0 Å². The van der Waals surface area contributed by atoms with Crippen LogP contribution >= 0.6 is 15.9 Å². The van der Waals surface area contributed by atoms with Gasteiger partial charge in [0.2, 0.25) is 0 Å². The third-order valence-corrected chi connectivity index (χ3v) is 4.97. The molecule has 20 heavy (non-hydrogen) atoms. The van der Waals surface area contributed by atoms with Gasteiger partial charge in [0.1, 0.15) is 13.2 Å². The average Bonchev–Trinajstić information content (AvgIpc) is 2.42. The zero-order chi connectivity index (χ0) is 14.2. The molecule has 0 spiro atoms. The molecule has 1 saturated carbocycles. The molecule has 1 atom stereocenters. The van der Waals surface area contributed by atoms with Gasteiger partial charge < -0.3 is 19.3 Å². The Morgan fingerprint density at radius 3 is 2.50 bits per heavy atom. The van der Waals surface area contributed by atoms with Crippen LogP contribution in [0.5, 0.6) is 11.5 Å². The van der Waals surface area contributed by atoms with Crippen molar-refractivity contribution in [1.82, 2.24) is 0 Å². The zero-order valence-corrected chi connectivity index (χ0v) is 13.1. The molecule has 4 nitrogen and oxygen atoms in total. The topological polar surface area (TPSA) is 47.9 Å².